The predicted octanol–water partition coefficient (Wildman–Crippen LogP) is 1.50. The van der Waals surface area contributed by atoms with Gasteiger partial charge in [-0.05, 0) is 13.0 Å². The van der Waals surface area contributed by atoms with Crippen LogP contribution in [0.5, 0.6) is 0 Å². The SMILES string of the molecule is CCOC(=O)Cn1cc(C=NN)c2ccccc21. The summed E-state index contributed by atoms with van der Waals surface area (Å²) in [5, 5.41) is 4.54. The quantitative estimate of drug-likeness (QED) is 0.384. The maximum absolute atomic E-state index is 11.5. The Hall–Kier alpha value is -2.30. The highest BCUT2D eigenvalue weighted by molar-refractivity contribution is 5.99. The second-order valence-electron chi connectivity index (χ2n) is 3.81. The zero-order chi connectivity index (χ0) is 13.0. The summed E-state index contributed by atoms with van der Waals surface area (Å²) in [6.45, 7) is 2.36. The summed E-state index contributed by atoms with van der Waals surface area (Å²) in [7, 11) is 0. The lowest BCUT2D eigenvalue weighted by atomic mass is 10.2. The Morgan fingerprint density at radius 3 is 3.00 bits per heavy atom. The minimum absolute atomic E-state index is 0.187. The zero-order valence-electron chi connectivity index (χ0n) is 10.2. The summed E-state index contributed by atoms with van der Waals surface area (Å²) in [4.78, 5) is 11.5. The van der Waals surface area contributed by atoms with Gasteiger partial charge < -0.3 is 15.1 Å². The molecule has 0 saturated heterocycles. The Morgan fingerprint density at radius 2 is 2.28 bits per heavy atom. The minimum Gasteiger partial charge on any atom is -0.465 e. The molecule has 1 aromatic heterocycles. The molecule has 2 rings (SSSR count). The van der Waals surface area contributed by atoms with E-state index in [4.69, 9.17) is 10.6 Å². The first-order valence-electron chi connectivity index (χ1n) is 5.73. The summed E-state index contributed by atoms with van der Waals surface area (Å²) in [6, 6.07) is 7.77. The molecule has 1 aromatic carbocycles. The Bertz CT molecular complexity index is 587. The van der Waals surface area contributed by atoms with Crippen LogP contribution in [-0.2, 0) is 16.1 Å². The lowest BCUT2D eigenvalue weighted by molar-refractivity contribution is -0.143. The fourth-order valence-corrected chi connectivity index (χ4v) is 1.93. The van der Waals surface area contributed by atoms with Crippen LogP contribution in [0.15, 0.2) is 35.6 Å². The molecule has 0 bridgehead atoms. The molecule has 94 valence electrons. The second-order valence-corrected chi connectivity index (χ2v) is 3.81. The Kier molecular flexibility index (Phi) is 3.62. The van der Waals surface area contributed by atoms with Crippen molar-refractivity contribution in [1.82, 2.24) is 4.57 Å². The van der Waals surface area contributed by atoms with Crippen LogP contribution in [0.4, 0.5) is 0 Å². The molecule has 0 atom stereocenters. The van der Waals surface area contributed by atoms with Gasteiger partial charge in [0.25, 0.3) is 0 Å². The van der Waals surface area contributed by atoms with Gasteiger partial charge in [0.2, 0.25) is 0 Å². The Labute approximate surface area is 105 Å². The molecule has 18 heavy (non-hydrogen) atoms. The second kappa shape index (κ2) is 5.35. The van der Waals surface area contributed by atoms with Crippen LogP contribution in [0.1, 0.15) is 12.5 Å². The third-order valence-electron chi connectivity index (χ3n) is 2.64. The summed E-state index contributed by atoms with van der Waals surface area (Å²) < 4.78 is 6.78. The number of rotatable bonds is 4. The highest BCUT2D eigenvalue weighted by atomic mass is 16.5. The van der Waals surface area contributed by atoms with E-state index in [9.17, 15) is 4.79 Å². The maximum atomic E-state index is 11.5. The van der Waals surface area contributed by atoms with Gasteiger partial charge in [-0.2, -0.15) is 5.10 Å². The lowest BCUT2D eigenvalue weighted by Gasteiger charge is -2.04. The fraction of sp³-hybridized carbons (Fsp3) is 0.231. The van der Waals surface area contributed by atoms with Crippen molar-refractivity contribution in [2.24, 2.45) is 10.9 Å². The topological polar surface area (TPSA) is 69.6 Å². The highest BCUT2D eigenvalue weighted by Crippen LogP contribution is 2.19. The van der Waals surface area contributed by atoms with Crippen LogP contribution in [0.3, 0.4) is 0 Å². The van der Waals surface area contributed by atoms with E-state index in [1.165, 1.54) is 0 Å². The average molecular weight is 245 g/mol. The van der Waals surface area contributed by atoms with E-state index in [-0.39, 0.29) is 12.5 Å². The molecule has 5 heteroatoms. The molecular weight excluding hydrogens is 230 g/mol. The van der Waals surface area contributed by atoms with E-state index in [0.29, 0.717) is 6.61 Å². The van der Waals surface area contributed by atoms with Crippen molar-refractivity contribution >= 4 is 23.1 Å². The van der Waals surface area contributed by atoms with Crippen molar-refractivity contribution in [2.45, 2.75) is 13.5 Å². The van der Waals surface area contributed by atoms with Crippen molar-refractivity contribution in [3.63, 3.8) is 0 Å². The van der Waals surface area contributed by atoms with Gasteiger partial charge in [0.05, 0.1) is 12.8 Å². The number of fused-ring (bicyclic) bond motifs is 1. The van der Waals surface area contributed by atoms with E-state index >= 15 is 0 Å². The first kappa shape index (κ1) is 12.2. The number of hydrazone groups is 1. The van der Waals surface area contributed by atoms with Crippen LogP contribution in [0, 0.1) is 0 Å². The van der Waals surface area contributed by atoms with Crippen molar-refractivity contribution in [3.8, 4) is 0 Å². The van der Waals surface area contributed by atoms with E-state index in [0.717, 1.165) is 16.5 Å². The van der Waals surface area contributed by atoms with Crippen LogP contribution < -0.4 is 5.84 Å². The number of carbonyl (C=O) groups excluding carboxylic acids is 1. The average Bonchev–Trinajstić information content (AvgIpc) is 2.69. The number of para-hydroxylation sites is 1. The zero-order valence-corrected chi connectivity index (χ0v) is 10.2. The summed E-state index contributed by atoms with van der Waals surface area (Å²) >= 11 is 0. The van der Waals surface area contributed by atoms with E-state index in [1.54, 1.807) is 13.1 Å². The van der Waals surface area contributed by atoms with Crippen LogP contribution in [0.2, 0.25) is 0 Å². The number of hydrogen-bond acceptors (Lipinski definition) is 4. The predicted molar refractivity (Wildman–Crippen MR) is 70.4 cm³/mol. The molecule has 2 N–H and O–H groups in total. The Balaban J connectivity index is 2.41. The third-order valence-corrected chi connectivity index (χ3v) is 2.64. The molecule has 2 aromatic rings. The molecule has 0 aliphatic rings. The van der Waals surface area contributed by atoms with Gasteiger partial charge in [0.1, 0.15) is 6.54 Å². The number of carbonyl (C=O) groups is 1. The summed E-state index contributed by atoms with van der Waals surface area (Å²) in [6.07, 6.45) is 3.42. The number of benzene rings is 1. The first-order chi connectivity index (χ1) is 8.76. The standard InChI is InChI=1S/C13H15N3O2/c1-2-18-13(17)9-16-8-10(7-15-14)11-5-3-4-6-12(11)16/h3-8H,2,9,14H2,1H3. The van der Waals surface area contributed by atoms with Gasteiger partial charge in [0, 0.05) is 22.7 Å². The van der Waals surface area contributed by atoms with Crippen LogP contribution in [-0.4, -0.2) is 23.4 Å². The van der Waals surface area contributed by atoms with Gasteiger partial charge in [-0.15, -0.1) is 0 Å². The molecule has 0 saturated carbocycles. The van der Waals surface area contributed by atoms with E-state index < -0.39 is 0 Å². The summed E-state index contributed by atoms with van der Waals surface area (Å²) in [5.74, 6) is 4.92. The number of ether oxygens (including phenoxy) is 1. The van der Waals surface area contributed by atoms with Crippen molar-refractivity contribution in [1.29, 1.82) is 0 Å². The number of hydrogen-bond donors (Lipinski definition) is 1. The number of esters is 1. The first-order valence-corrected chi connectivity index (χ1v) is 5.73. The number of nitrogens with zero attached hydrogens (tertiary/aromatic N) is 2. The smallest absolute Gasteiger partial charge is 0.325 e. The number of aromatic nitrogens is 1. The Morgan fingerprint density at radius 1 is 1.50 bits per heavy atom. The van der Waals surface area contributed by atoms with Gasteiger partial charge >= 0.3 is 5.97 Å². The molecule has 0 radical (unpaired) electrons. The molecular formula is C13H15N3O2. The molecule has 5 nitrogen and oxygen atoms in total. The molecule has 0 aliphatic carbocycles. The van der Waals surface area contributed by atoms with Crippen molar-refractivity contribution in [3.05, 3.63) is 36.0 Å². The van der Waals surface area contributed by atoms with Crippen molar-refractivity contribution in [2.75, 3.05) is 6.61 Å². The number of nitrogens with two attached hydrogens (primary N) is 1. The van der Waals surface area contributed by atoms with E-state index in [2.05, 4.69) is 5.10 Å². The van der Waals surface area contributed by atoms with Gasteiger partial charge in [0.15, 0.2) is 0 Å². The van der Waals surface area contributed by atoms with Gasteiger partial charge in [-0.1, -0.05) is 18.2 Å². The maximum Gasteiger partial charge on any atom is 0.325 e. The van der Waals surface area contributed by atoms with Crippen molar-refractivity contribution < 1.29 is 9.53 Å². The largest absolute Gasteiger partial charge is 0.465 e. The molecule has 0 aliphatic heterocycles. The van der Waals surface area contributed by atoms with Crippen LogP contribution in [0.25, 0.3) is 10.9 Å². The molecule has 0 amide bonds. The molecule has 0 spiro atoms. The van der Waals surface area contributed by atoms with Crippen LogP contribution >= 0.6 is 0 Å². The normalized spacial score (nSPS) is 11.2. The molecule has 1 heterocycles. The fourth-order valence-electron chi connectivity index (χ4n) is 1.93. The van der Waals surface area contributed by atoms with Gasteiger partial charge in [-0.3, -0.25) is 4.79 Å². The monoisotopic (exact) mass is 245 g/mol. The van der Waals surface area contributed by atoms with E-state index in [1.807, 2.05) is 35.0 Å². The highest BCUT2D eigenvalue weighted by Gasteiger charge is 2.10. The summed E-state index contributed by atoms with van der Waals surface area (Å²) in [5.41, 5.74) is 1.85. The molecule has 0 fully saturated rings. The minimum atomic E-state index is -0.255. The van der Waals surface area contributed by atoms with Gasteiger partial charge in [-0.25, -0.2) is 0 Å². The third kappa shape index (κ3) is 2.34. The lowest BCUT2D eigenvalue weighted by Crippen LogP contribution is -2.12. The molecule has 0 unspecified atom stereocenters.